The minimum absolute atomic E-state index is 0.116. The van der Waals surface area contributed by atoms with Crippen LogP contribution in [0.4, 0.5) is 11.4 Å². The van der Waals surface area contributed by atoms with Crippen molar-refractivity contribution >= 4 is 44.9 Å². The normalized spacial score (nSPS) is 18.1. The summed E-state index contributed by atoms with van der Waals surface area (Å²) in [4.78, 5) is 26.7. The predicted octanol–water partition coefficient (Wildman–Crippen LogP) is 4.78. The highest BCUT2D eigenvalue weighted by molar-refractivity contribution is 7.89. The highest BCUT2D eigenvalue weighted by atomic mass is 35.5. The van der Waals surface area contributed by atoms with Crippen molar-refractivity contribution in [3.63, 3.8) is 0 Å². The first-order valence-corrected chi connectivity index (χ1v) is 15.4. The van der Waals surface area contributed by atoms with Crippen LogP contribution in [0.5, 0.6) is 0 Å². The summed E-state index contributed by atoms with van der Waals surface area (Å²) in [7, 11) is -3.95. The summed E-state index contributed by atoms with van der Waals surface area (Å²) >= 11 is 5.71. The van der Waals surface area contributed by atoms with Crippen LogP contribution in [0, 0.1) is 5.92 Å². The number of alkyl halides is 1. The van der Waals surface area contributed by atoms with E-state index >= 15 is 0 Å². The van der Waals surface area contributed by atoms with Crippen molar-refractivity contribution in [2.24, 2.45) is 5.92 Å². The largest absolute Gasteiger partial charge is 0.466 e. The first-order chi connectivity index (χ1) is 18.3. The van der Waals surface area contributed by atoms with Crippen molar-refractivity contribution in [2.45, 2.75) is 62.8 Å². The molecule has 1 saturated heterocycles. The maximum Gasteiger partial charge on any atom is 0.309 e. The maximum atomic E-state index is 13.9. The SMILES string of the molecule is CCOC(=O)C1CCN(c2ccc(NC(=O)CCCCl)cc2S(=O)(=O)N[C@H]2CCCc3ccccc32)CC1. The minimum Gasteiger partial charge on any atom is -0.466 e. The molecule has 8 nitrogen and oxygen atoms in total. The van der Waals surface area contributed by atoms with E-state index in [-0.39, 0.29) is 35.2 Å². The summed E-state index contributed by atoms with van der Waals surface area (Å²) in [5.74, 6) is -0.233. The molecule has 206 valence electrons. The van der Waals surface area contributed by atoms with E-state index in [1.54, 1.807) is 19.1 Å². The first kappa shape index (κ1) is 28.4. The number of benzene rings is 2. The average molecular weight is 562 g/mol. The third-order valence-corrected chi connectivity index (χ3v) is 8.96. The zero-order chi connectivity index (χ0) is 27.1. The number of ether oxygens (including phenoxy) is 1. The number of nitrogens with one attached hydrogen (secondary N) is 2. The number of aryl methyl sites for hydroxylation is 1. The van der Waals surface area contributed by atoms with Crippen LogP contribution in [-0.2, 0) is 30.8 Å². The molecule has 2 aliphatic rings. The number of nitrogens with zero attached hydrogens (tertiary/aromatic N) is 1. The summed E-state index contributed by atoms with van der Waals surface area (Å²) in [6.07, 6.45) is 4.50. The fourth-order valence-electron chi connectivity index (χ4n) is 5.26. The highest BCUT2D eigenvalue weighted by Gasteiger charge is 2.32. The van der Waals surface area contributed by atoms with Crippen molar-refractivity contribution in [1.29, 1.82) is 0 Å². The molecule has 38 heavy (non-hydrogen) atoms. The van der Waals surface area contributed by atoms with Crippen molar-refractivity contribution in [2.75, 3.05) is 35.8 Å². The van der Waals surface area contributed by atoms with E-state index in [0.717, 1.165) is 24.0 Å². The van der Waals surface area contributed by atoms with E-state index in [1.165, 1.54) is 6.07 Å². The summed E-state index contributed by atoms with van der Waals surface area (Å²) in [5.41, 5.74) is 3.14. The number of carbonyl (C=O) groups is 2. The molecule has 0 saturated carbocycles. The Morgan fingerprint density at radius 1 is 1.11 bits per heavy atom. The molecule has 1 aliphatic carbocycles. The molecule has 0 aromatic heterocycles. The number of sulfonamides is 1. The molecule has 1 fully saturated rings. The van der Waals surface area contributed by atoms with Gasteiger partial charge >= 0.3 is 5.97 Å². The van der Waals surface area contributed by atoms with Crippen LogP contribution in [0.1, 0.15) is 62.6 Å². The van der Waals surface area contributed by atoms with E-state index in [9.17, 15) is 18.0 Å². The van der Waals surface area contributed by atoms with E-state index in [4.69, 9.17) is 16.3 Å². The van der Waals surface area contributed by atoms with Crippen LogP contribution in [0.25, 0.3) is 0 Å². The number of hydrogen-bond acceptors (Lipinski definition) is 6. The Kier molecular flexibility index (Phi) is 9.68. The lowest BCUT2D eigenvalue weighted by Gasteiger charge is -2.34. The molecule has 1 atom stereocenters. The molecule has 4 rings (SSSR count). The monoisotopic (exact) mass is 561 g/mol. The molecule has 0 unspecified atom stereocenters. The van der Waals surface area contributed by atoms with Gasteiger partial charge < -0.3 is 15.0 Å². The second kappa shape index (κ2) is 13.0. The predicted molar refractivity (Wildman–Crippen MR) is 149 cm³/mol. The number of halogens is 1. The van der Waals surface area contributed by atoms with Gasteiger partial charge in [0.25, 0.3) is 0 Å². The van der Waals surface area contributed by atoms with Crippen LogP contribution >= 0.6 is 11.6 Å². The van der Waals surface area contributed by atoms with Crippen LogP contribution in [0.15, 0.2) is 47.4 Å². The van der Waals surface area contributed by atoms with Crippen LogP contribution in [0.2, 0.25) is 0 Å². The Bertz CT molecular complexity index is 1240. The van der Waals surface area contributed by atoms with Gasteiger partial charge in [-0.2, -0.15) is 0 Å². The Morgan fingerprint density at radius 3 is 2.61 bits per heavy atom. The van der Waals surface area contributed by atoms with Gasteiger partial charge in [-0.15, -0.1) is 11.6 Å². The van der Waals surface area contributed by atoms with Crippen molar-refractivity contribution in [3.05, 3.63) is 53.6 Å². The van der Waals surface area contributed by atoms with Gasteiger partial charge in [-0.1, -0.05) is 24.3 Å². The summed E-state index contributed by atoms with van der Waals surface area (Å²) in [5, 5.41) is 2.81. The van der Waals surface area contributed by atoms with Crippen molar-refractivity contribution < 1.29 is 22.7 Å². The number of rotatable bonds is 10. The van der Waals surface area contributed by atoms with Gasteiger partial charge in [-0.05, 0) is 74.8 Å². The van der Waals surface area contributed by atoms with E-state index in [0.29, 0.717) is 62.6 Å². The number of carbonyl (C=O) groups excluding carboxylic acids is 2. The molecule has 2 aromatic rings. The quantitative estimate of drug-likeness (QED) is 0.319. The average Bonchev–Trinajstić information content (AvgIpc) is 2.92. The lowest BCUT2D eigenvalue weighted by molar-refractivity contribution is -0.148. The number of amides is 1. The molecule has 0 bridgehead atoms. The molecule has 2 aromatic carbocycles. The maximum absolute atomic E-state index is 13.9. The Labute approximate surface area is 230 Å². The zero-order valence-electron chi connectivity index (χ0n) is 21.7. The molecule has 0 radical (unpaired) electrons. The molecular weight excluding hydrogens is 526 g/mol. The Hall–Kier alpha value is -2.62. The number of esters is 1. The van der Waals surface area contributed by atoms with Gasteiger partial charge in [0.2, 0.25) is 15.9 Å². The van der Waals surface area contributed by atoms with Gasteiger partial charge in [0.15, 0.2) is 0 Å². The highest BCUT2D eigenvalue weighted by Crippen LogP contribution is 2.35. The van der Waals surface area contributed by atoms with E-state index < -0.39 is 10.0 Å². The van der Waals surface area contributed by atoms with Gasteiger partial charge in [-0.25, -0.2) is 13.1 Å². The van der Waals surface area contributed by atoms with Gasteiger partial charge in [-0.3, -0.25) is 9.59 Å². The topological polar surface area (TPSA) is 105 Å². The van der Waals surface area contributed by atoms with Crippen LogP contribution < -0.4 is 14.9 Å². The third kappa shape index (κ3) is 6.87. The summed E-state index contributed by atoms with van der Waals surface area (Å²) in [6, 6.07) is 12.6. The van der Waals surface area contributed by atoms with Gasteiger partial charge in [0.05, 0.1) is 18.2 Å². The van der Waals surface area contributed by atoms with Crippen LogP contribution in [0.3, 0.4) is 0 Å². The smallest absolute Gasteiger partial charge is 0.309 e. The number of piperidine rings is 1. The lowest BCUT2D eigenvalue weighted by Crippen LogP contribution is -2.38. The summed E-state index contributed by atoms with van der Waals surface area (Å²) < 4.78 is 35.9. The molecule has 0 spiro atoms. The second-order valence-electron chi connectivity index (χ2n) is 9.80. The molecule has 1 heterocycles. The summed E-state index contributed by atoms with van der Waals surface area (Å²) in [6.45, 7) is 3.19. The van der Waals surface area contributed by atoms with Crippen molar-refractivity contribution in [1.82, 2.24) is 4.72 Å². The zero-order valence-corrected chi connectivity index (χ0v) is 23.3. The van der Waals surface area contributed by atoms with E-state index in [2.05, 4.69) is 10.0 Å². The minimum atomic E-state index is -3.95. The van der Waals surface area contributed by atoms with Crippen molar-refractivity contribution in [3.8, 4) is 0 Å². The molecule has 1 amide bonds. The Balaban J connectivity index is 1.61. The first-order valence-electron chi connectivity index (χ1n) is 13.3. The number of hydrogen-bond donors (Lipinski definition) is 2. The van der Waals surface area contributed by atoms with Gasteiger partial charge in [0, 0.05) is 37.1 Å². The molecular formula is C28H36ClN3O5S. The standard InChI is InChI=1S/C28H36ClN3O5S/c1-2-37-28(34)21-14-17-32(18-15-21)25-13-12-22(30-27(33)11-6-16-29)19-26(25)38(35,36)31-24-10-5-8-20-7-3-4-9-23(20)24/h3-4,7,9,12-13,19,21,24,31H,2,5-6,8,10-11,14-18H2,1H3,(H,30,33)/t24-/m0/s1. The number of anilines is 2. The molecule has 2 N–H and O–H groups in total. The fraction of sp³-hybridized carbons (Fsp3) is 0.500. The van der Waals surface area contributed by atoms with Gasteiger partial charge in [0.1, 0.15) is 4.90 Å². The third-order valence-electron chi connectivity index (χ3n) is 7.19. The number of fused-ring (bicyclic) bond motifs is 1. The Morgan fingerprint density at radius 2 is 1.87 bits per heavy atom. The van der Waals surface area contributed by atoms with E-state index in [1.807, 2.05) is 29.2 Å². The van der Waals surface area contributed by atoms with Crippen LogP contribution in [-0.4, -0.2) is 45.9 Å². The second-order valence-corrected chi connectivity index (χ2v) is 11.9. The lowest BCUT2D eigenvalue weighted by atomic mass is 9.88. The molecule has 10 heteroatoms. The fourth-order valence-corrected chi connectivity index (χ4v) is 6.90. The molecule has 1 aliphatic heterocycles.